The first-order valence-electron chi connectivity index (χ1n) is 9.90. The van der Waals surface area contributed by atoms with Gasteiger partial charge in [0.05, 0.1) is 0 Å². The van der Waals surface area contributed by atoms with Gasteiger partial charge in [-0.15, -0.1) is 0 Å². The van der Waals surface area contributed by atoms with Crippen molar-refractivity contribution in [2.24, 2.45) is 5.10 Å². The molecule has 1 fully saturated rings. The van der Waals surface area contributed by atoms with Gasteiger partial charge in [-0.05, 0) is 49.9 Å². The van der Waals surface area contributed by atoms with Crippen LogP contribution in [0.2, 0.25) is 0 Å². The maximum Gasteiger partial charge on any atom is 0.240 e. The first kappa shape index (κ1) is 19.5. The minimum Gasteiger partial charge on any atom is -0.341 e. The second-order valence-corrected chi connectivity index (χ2v) is 7.27. The molecule has 1 unspecified atom stereocenters. The van der Waals surface area contributed by atoms with Crippen LogP contribution in [-0.4, -0.2) is 58.0 Å². The van der Waals surface area contributed by atoms with Gasteiger partial charge in [0.25, 0.3) is 0 Å². The number of hydrogen-bond donors (Lipinski definition) is 1. The fourth-order valence-corrected chi connectivity index (χ4v) is 3.80. The highest BCUT2D eigenvalue weighted by Gasteiger charge is 2.27. The number of carbonyl (C=O) groups excluding carboxylic acids is 2. The summed E-state index contributed by atoms with van der Waals surface area (Å²) < 4.78 is 0. The van der Waals surface area contributed by atoms with Crippen molar-refractivity contribution in [3.05, 3.63) is 30.1 Å². The van der Waals surface area contributed by atoms with E-state index in [1.165, 1.54) is 5.56 Å². The molecule has 0 aliphatic carbocycles. The Labute approximate surface area is 160 Å². The van der Waals surface area contributed by atoms with Crippen LogP contribution < -0.4 is 5.43 Å². The number of pyridine rings is 1. The highest BCUT2D eigenvalue weighted by atomic mass is 16.2. The van der Waals surface area contributed by atoms with Crippen molar-refractivity contribution in [1.82, 2.24) is 20.2 Å². The molecule has 2 amide bonds. The van der Waals surface area contributed by atoms with E-state index in [9.17, 15) is 9.59 Å². The van der Waals surface area contributed by atoms with Gasteiger partial charge >= 0.3 is 0 Å². The Hall–Kier alpha value is -2.28. The Kier molecular flexibility index (Phi) is 6.92. The third-order valence-corrected chi connectivity index (χ3v) is 5.41. The Morgan fingerprint density at radius 2 is 2.15 bits per heavy atom. The fourth-order valence-electron chi connectivity index (χ4n) is 3.80. The number of amides is 2. The Bertz CT molecular complexity index is 676. The molecule has 1 N–H and O–H groups in total. The topological polar surface area (TPSA) is 77.9 Å². The van der Waals surface area contributed by atoms with Crippen molar-refractivity contribution in [1.29, 1.82) is 0 Å². The highest BCUT2D eigenvalue weighted by Crippen LogP contribution is 2.19. The number of hydrazone groups is 1. The molecule has 1 aromatic rings. The largest absolute Gasteiger partial charge is 0.341 e. The number of likely N-dealkylation sites (N-methyl/N-ethyl adjacent to an activating group) is 1. The zero-order valence-electron chi connectivity index (χ0n) is 16.1. The molecule has 0 aromatic carbocycles. The van der Waals surface area contributed by atoms with E-state index < -0.39 is 0 Å². The van der Waals surface area contributed by atoms with E-state index >= 15 is 0 Å². The first-order chi connectivity index (χ1) is 13.2. The molecule has 1 atom stereocenters. The molecular weight excluding hydrogens is 342 g/mol. The number of nitrogens with one attached hydrogen (secondary N) is 1. The lowest BCUT2D eigenvalue weighted by atomic mass is 10.0. The summed E-state index contributed by atoms with van der Waals surface area (Å²) in [6, 6.07) is 4.50. The average Bonchev–Trinajstić information content (AvgIpc) is 2.72. The Balaban J connectivity index is 1.51. The second-order valence-electron chi connectivity index (χ2n) is 7.27. The van der Waals surface area contributed by atoms with E-state index in [1.54, 1.807) is 0 Å². The molecule has 0 spiro atoms. The van der Waals surface area contributed by atoms with E-state index in [0.29, 0.717) is 31.7 Å². The summed E-state index contributed by atoms with van der Waals surface area (Å²) in [4.78, 5) is 32.4. The van der Waals surface area contributed by atoms with Crippen molar-refractivity contribution in [2.45, 2.75) is 58.0 Å². The van der Waals surface area contributed by atoms with Crippen molar-refractivity contribution in [3.63, 3.8) is 0 Å². The molecule has 3 rings (SSSR count). The van der Waals surface area contributed by atoms with Crippen molar-refractivity contribution in [3.8, 4) is 0 Å². The maximum absolute atomic E-state index is 12.7. The van der Waals surface area contributed by atoms with Gasteiger partial charge < -0.3 is 4.90 Å². The van der Waals surface area contributed by atoms with Crippen LogP contribution in [0, 0.1) is 0 Å². The SMILES string of the molecule is CCN(Cc1ccncc1)C1CCCN(C(=O)CCC2=NNC(=O)CC2)C1. The van der Waals surface area contributed by atoms with Gasteiger partial charge in [0.2, 0.25) is 11.8 Å². The van der Waals surface area contributed by atoms with E-state index in [2.05, 4.69) is 39.5 Å². The standard InChI is InChI=1S/C20H29N5O2/c1-2-24(14-16-9-11-21-12-10-16)18-4-3-13-25(15-18)20(27)8-6-17-5-7-19(26)23-22-17/h9-12,18H,2-8,13-15H2,1H3,(H,23,26). The lowest BCUT2D eigenvalue weighted by Gasteiger charge is -2.39. The molecule has 2 aliphatic rings. The maximum atomic E-state index is 12.7. The van der Waals surface area contributed by atoms with Crippen LogP contribution in [0.25, 0.3) is 0 Å². The van der Waals surface area contributed by atoms with Gasteiger partial charge in [-0.3, -0.25) is 19.5 Å². The van der Waals surface area contributed by atoms with Gasteiger partial charge in [-0.25, -0.2) is 5.43 Å². The van der Waals surface area contributed by atoms with Crippen LogP contribution in [0.3, 0.4) is 0 Å². The quantitative estimate of drug-likeness (QED) is 0.795. The molecule has 0 bridgehead atoms. The molecule has 1 aromatic heterocycles. The molecular formula is C20H29N5O2. The minimum atomic E-state index is -0.0437. The number of piperidine rings is 1. The summed E-state index contributed by atoms with van der Waals surface area (Å²) in [7, 11) is 0. The molecule has 2 aliphatic heterocycles. The van der Waals surface area contributed by atoms with Gasteiger partial charge in [0, 0.05) is 56.6 Å². The van der Waals surface area contributed by atoms with Crippen molar-refractivity contribution < 1.29 is 9.59 Å². The third kappa shape index (κ3) is 5.60. The van der Waals surface area contributed by atoms with Crippen LogP contribution >= 0.6 is 0 Å². The number of carbonyl (C=O) groups is 2. The van der Waals surface area contributed by atoms with Crippen molar-refractivity contribution >= 4 is 17.5 Å². The van der Waals surface area contributed by atoms with Crippen LogP contribution in [0.1, 0.15) is 51.0 Å². The zero-order chi connectivity index (χ0) is 19.1. The van der Waals surface area contributed by atoms with Gasteiger partial charge in [-0.2, -0.15) is 5.10 Å². The molecule has 146 valence electrons. The molecule has 7 heteroatoms. The molecule has 0 radical (unpaired) electrons. The second kappa shape index (κ2) is 9.60. The van der Waals surface area contributed by atoms with Crippen LogP contribution in [-0.2, 0) is 16.1 Å². The summed E-state index contributed by atoms with van der Waals surface area (Å²) >= 11 is 0. The summed E-state index contributed by atoms with van der Waals surface area (Å²) in [6.07, 6.45) is 8.07. The van der Waals surface area contributed by atoms with E-state index in [4.69, 9.17) is 0 Å². The van der Waals surface area contributed by atoms with Gasteiger partial charge in [0.15, 0.2) is 0 Å². The Morgan fingerprint density at radius 3 is 2.85 bits per heavy atom. The smallest absolute Gasteiger partial charge is 0.240 e. The molecule has 7 nitrogen and oxygen atoms in total. The number of rotatable bonds is 7. The van der Waals surface area contributed by atoms with Gasteiger partial charge in [0.1, 0.15) is 0 Å². The normalized spacial score (nSPS) is 20.4. The van der Waals surface area contributed by atoms with Gasteiger partial charge in [-0.1, -0.05) is 6.92 Å². The zero-order valence-corrected chi connectivity index (χ0v) is 16.1. The molecule has 0 saturated carbocycles. The summed E-state index contributed by atoms with van der Waals surface area (Å²) in [5.74, 6) is 0.150. The monoisotopic (exact) mass is 371 g/mol. The lowest BCUT2D eigenvalue weighted by molar-refractivity contribution is -0.133. The molecule has 27 heavy (non-hydrogen) atoms. The first-order valence-corrected chi connectivity index (χ1v) is 9.90. The predicted octanol–water partition coefficient (Wildman–Crippen LogP) is 1.94. The average molecular weight is 371 g/mol. The summed E-state index contributed by atoms with van der Waals surface area (Å²) in [5, 5.41) is 4.06. The summed E-state index contributed by atoms with van der Waals surface area (Å²) in [5.41, 5.74) is 4.68. The number of nitrogens with zero attached hydrogens (tertiary/aromatic N) is 4. The predicted molar refractivity (Wildman–Crippen MR) is 104 cm³/mol. The van der Waals surface area contributed by atoms with Crippen LogP contribution in [0.4, 0.5) is 0 Å². The number of hydrogen-bond acceptors (Lipinski definition) is 5. The van der Waals surface area contributed by atoms with Crippen LogP contribution in [0.5, 0.6) is 0 Å². The lowest BCUT2D eigenvalue weighted by Crippen LogP contribution is -2.49. The third-order valence-electron chi connectivity index (χ3n) is 5.41. The molecule has 3 heterocycles. The van der Waals surface area contributed by atoms with E-state index in [0.717, 1.165) is 44.7 Å². The highest BCUT2D eigenvalue weighted by molar-refractivity contribution is 5.94. The van der Waals surface area contributed by atoms with Crippen molar-refractivity contribution in [2.75, 3.05) is 19.6 Å². The minimum absolute atomic E-state index is 0.0437. The van der Waals surface area contributed by atoms with E-state index in [1.807, 2.05) is 17.3 Å². The summed E-state index contributed by atoms with van der Waals surface area (Å²) in [6.45, 7) is 5.66. The Morgan fingerprint density at radius 1 is 1.33 bits per heavy atom. The number of likely N-dealkylation sites (tertiary alicyclic amines) is 1. The fraction of sp³-hybridized carbons (Fsp3) is 0.600. The van der Waals surface area contributed by atoms with Crippen LogP contribution in [0.15, 0.2) is 29.6 Å². The number of aromatic nitrogens is 1. The van der Waals surface area contributed by atoms with E-state index in [-0.39, 0.29) is 11.8 Å². The molecule has 1 saturated heterocycles.